The molecule has 0 N–H and O–H groups in total. The van der Waals surface area contributed by atoms with Crippen molar-refractivity contribution in [3.8, 4) is 17.4 Å². The van der Waals surface area contributed by atoms with E-state index in [1.54, 1.807) is 41.8 Å². The molecule has 7 heteroatoms. The zero-order valence-electron chi connectivity index (χ0n) is 12.7. The van der Waals surface area contributed by atoms with Crippen LogP contribution in [0.4, 0.5) is 5.69 Å². The van der Waals surface area contributed by atoms with Gasteiger partial charge < -0.3 is 4.42 Å². The lowest BCUT2D eigenvalue weighted by Gasteiger charge is -1.97. The zero-order valence-corrected chi connectivity index (χ0v) is 13.5. The molecule has 0 aliphatic rings. The van der Waals surface area contributed by atoms with Crippen molar-refractivity contribution >= 4 is 28.9 Å². The largest absolute Gasteiger partial charge is 0.457 e. The van der Waals surface area contributed by atoms with Crippen LogP contribution in [0, 0.1) is 21.4 Å². The van der Waals surface area contributed by atoms with E-state index in [4.69, 9.17) is 4.42 Å². The van der Waals surface area contributed by atoms with Crippen LogP contribution in [0.5, 0.6) is 0 Å². The summed E-state index contributed by atoms with van der Waals surface area (Å²) in [6, 6.07) is 14.5. The summed E-state index contributed by atoms with van der Waals surface area (Å²) in [7, 11) is 0. The van der Waals surface area contributed by atoms with Gasteiger partial charge in [-0.15, -0.1) is 11.3 Å². The molecule has 1 aromatic carbocycles. The first kappa shape index (κ1) is 16.4. The molecule has 3 aromatic rings. The second kappa shape index (κ2) is 6.95. The smallest absolute Gasteiger partial charge is 0.270 e. The Bertz CT molecular complexity index is 1010. The first-order valence-electron chi connectivity index (χ1n) is 7.13. The maximum absolute atomic E-state index is 12.2. The van der Waals surface area contributed by atoms with Gasteiger partial charge >= 0.3 is 0 Å². The fraction of sp³-hybridized carbons (Fsp3) is 0. The van der Waals surface area contributed by atoms with E-state index in [2.05, 4.69) is 0 Å². The number of carbonyl (C=O) groups is 1. The van der Waals surface area contributed by atoms with Crippen molar-refractivity contribution < 1.29 is 14.1 Å². The highest BCUT2D eigenvalue weighted by Gasteiger charge is 2.15. The first-order chi connectivity index (χ1) is 12.1. The Balaban J connectivity index is 1.91. The minimum absolute atomic E-state index is 0.0395. The van der Waals surface area contributed by atoms with Crippen LogP contribution in [0.3, 0.4) is 0 Å². The molecule has 0 amide bonds. The number of furan rings is 1. The molecule has 0 spiro atoms. The average Bonchev–Trinajstić information content (AvgIpc) is 3.31. The van der Waals surface area contributed by atoms with Gasteiger partial charge in [-0.3, -0.25) is 14.9 Å². The molecule has 122 valence electrons. The predicted molar refractivity (Wildman–Crippen MR) is 93.0 cm³/mol. The molecule has 2 heterocycles. The van der Waals surface area contributed by atoms with Crippen LogP contribution in [0.15, 0.2) is 63.9 Å². The highest BCUT2D eigenvalue weighted by molar-refractivity contribution is 7.12. The summed E-state index contributed by atoms with van der Waals surface area (Å²) in [5, 5.41) is 21.8. The molecule has 0 aliphatic heterocycles. The number of hydrogen-bond acceptors (Lipinski definition) is 6. The fourth-order valence-corrected chi connectivity index (χ4v) is 2.87. The molecule has 0 fully saturated rings. The first-order valence-corrected chi connectivity index (χ1v) is 8.01. The van der Waals surface area contributed by atoms with Gasteiger partial charge in [0.05, 0.1) is 9.80 Å². The summed E-state index contributed by atoms with van der Waals surface area (Å²) in [6.45, 7) is 0. The van der Waals surface area contributed by atoms with Gasteiger partial charge in [-0.1, -0.05) is 18.2 Å². The van der Waals surface area contributed by atoms with Crippen LogP contribution in [0.2, 0.25) is 0 Å². The standard InChI is InChI=1S/C18H10N2O4S/c19-11-13(18(21)17-5-2-8-25-17)10-15-6-7-16(24-15)12-3-1-4-14(9-12)20(22)23/h1-10H/b13-10+. The van der Waals surface area contributed by atoms with Gasteiger partial charge in [0.2, 0.25) is 5.78 Å². The molecular formula is C18H10N2O4S. The Hall–Kier alpha value is -3.50. The van der Waals surface area contributed by atoms with Gasteiger partial charge in [0, 0.05) is 23.8 Å². The van der Waals surface area contributed by atoms with Gasteiger partial charge in [-0.2, -0.15) is 5.26 Å². The average molecular weight is 350 g/mol. The number of allylic oxidation sites excluding steroid dienone is 1. The Morgan fingerprint density at radius 1 is 1.24 bits per heavy atom. The van der Waals surface area contributed by atoms with E-state index in [1.165, 1.54) is 29.5 Å². The number of carbonyl (C=O) groups excluding carboxylic acids is 1. The molecule has 6 nitrogen and oxygen atoms in total. The molecule has 2 aromatic heterocycles. The van der Waals surface area contributed by atoms with Gasteiger partial charge in [-0.05, 0) is 23.6 Å². The maximum atomic E-state index is 12.2. The Morgan fingerprint density at radius 3 is 2.76 bits per heavy atom. The van der Waals surface area contributed by atoms with Crippen LogP contribution in [-0.2, 0) is 0 Å². The minimum atomic E-state index is -0.485. The third kappa shape index (κ3) is 3.54. The zero-order chi connectivity index (χ0) is 17.8. The molecule has 0 unspecified atom stereocenters. The predicted octanol–water partition coefficient (Wildman–Crippen LogP) is 4.71. The number of hydrogen-bond donors (Lipinski definition) is 0. The topological polar surface area (TPSA) is 97.1 Å². The lowest BCUT2D eigenvalue weighted by Crippen LogP contribution is -1.98. The third-order valence-electron chi connectivity index (χ3n) is 3.36. The van der Waals surface area contributed by atoms with Gasteiger partial charge in [0.25, 0.3) is 5.69 Å². The fourth-order valence-electron chi connectivity index (χ4n) is 2.19. The van der Waals surface area contributed by atoms with E-state index in [0.29, 0.717) is 22.0 Å². The van der Waals surface area contributed by atoms with E-state index < -0.39 is 4.92 Å². The number of Topliss-reactive ketones (excluding diaryl/α,β-unsaturated/α-hetero) is 1. The van der Waals surface area contributed by atoms with Crippen molar-refractivity contribution in [1.29, 1.82) is 5.26 Å². The quantitative estimate of drug-likeness (QED) is 0.218. The summed E-state index contributed by atoms with van der Waals surface area (Å²) in [4.78, 5) is 23.1. The molecule has 0 bridgehead atoms. The number of thiophene rings is 1. The second-order valence-electron chi connectivity index (χ2n) is 4.99. The van der Waals surface area contributed by atoms with Gasteiger partial charge in [0.1, 0.15) is 23.2 Å². The number of nitriles is 1. The molecular weight excluding hydrogens is 340 g/mol. The summed E-state index contributed by atoms with van der Waals surface area (Å²) in [5.41, 5.74) is 0.455. The SMILES string of the molecule is N#C/C(=C\c1ccc(-c2cccc([N+](=O)[O-])c2)o1)C(=O)c1cccs1. The Kier molecular flexibility index (Phi) is 4.55. The number of rotatable bonds is 5. The van der Waals surface area contributed by atoms with Crippen LogP contribution >= 0.6 is 11.3 Å². The van der Waals surface area contributed by atoms with E-state index in [9.17, 15) is 20.2 Å². The lowest BCUT2D eigenvalue weighted by atomic mass is 10.1. The molecule has 25 heavy (non-hydrogen) atoms. The Morgan fingerprint density at radius 2 is 2.08 bits per heavy atom. The molecule has 0 aliphatic carbocycles. The van der Waals surface area contributed by atoms with Crippen molar-refractivity contribution in [3.63, 3.8) is 0 Å². The minimum Gasteiger partial charge on any atom is -0.457 e. The lowest BCUT2D eigenvalue weighted by molar-refractivity contribution is -0.384. The van der Waals surface area contributed by atoms with E-state index in [0.717, 1.165) is 0 Å². The Labute approximate surface area is 146 Å². The summed E-state index contributed by atoms with van der Waals surface area (Å²) < 4.78 is 5.61. The summed E-state index contributed by atoms with van der Waals surface area (Å²) in [6.07, 6.45) is 1.36. The molecule has 0 radical (unpaired) electrons. The number of nitro benzene ring substituents is 1. The maximum Gasteiger partial charge on any atom is 0.270 e. The van der Waals surface area contributed by atoms with Crippen LogP contribution in [0.25, 0.3) is 17.4 Å². The van der Waals surface area contributed by atoms with E-state index >= 15 is 0 Å². The monoisotopic (exact) mass is 350 g/mol. The highest BCUT2D eigenvalue weighted by atomic mass is 32.1. The molecule has 0 atom stereocenters. The second-order valence-corrected chi connectivity index (χ2v) is 5.93. The molecule has 3 rings (SSSR count). The normalized spacial score (nSPS) is 11.1. The molecule has 0 saturated heterocycles. The van der Waals surface area contributed by atoms with Gasteiger partial charge in [-0.25, -0.2) is 0 Å². The van der Waals surface area contributed by atoms with Crippen LogP contribution < -0.4 is 0 Å². The number of ketones is 1. The number of nitrogens with zero attached hydrogens (tertiary/aromatic N) is 2. The highest BCUT2D eigenvalue weighted by Crippen LogP contribution is 2.27. The van der Waals surface area contributed by atoms with Crippen LogP contribution in [0.1, 0.15) is 15.4 Å². The van der Waals surface area contributed by atoms with Crippen molar-refractivity contribution in [3.05, 3.63) is 80.2 Å². The summed E-state index contributed by atoms with van der Waals surface area (Å²) in [5.74, 6) is 0.365. The van der Waals surface area contributed by atoms with Crippen molar-refractivity contribution in [1.82, 2.24) is 0 Å². The van der Waals surface area contributed by atoms with Crippen molar-refractivity contribution in [2.24, 2.45) is 0 Å². The van der Waals surface area contributed by atoms with E-state index in [-0.39, 0.29) is 17.0 Å². The van der Waals surface area contributed by atoms with Crippen LogP contribution in [-0.4, -0.2) is 10.7 Å². The number of nitro groups is 1. The van der Waals surface area contributed by atoms with Crippen molar-refractivity contribution in [2.45, 2.75) is 0 Å². The third-order valence-corrected chi connectivity index (χ3v) is 4.23. The van der Waals surface area contributed by atoms with Gasteiger partial charge in [0.15, 0.2) is 0 Å². The number of non-ortho nitro benzene ring substituents is 1. The summed E-state index contributed by atoms with van der Waals surface area (Å²) >= 11 is 1.26. The van der Waals surface area contributed by atoms with Crippen molar-refractivity contribution in [2.75, 3.05) is 0 Å². The van der Waals surface area contributed by atoms with E-state index in [1.807, 2.05) is 6.07 Å². The number of benzene rings is 1. The molecule has 0 saturated carbocycles.